The minimum absolute atomic E-state index is 0.0318. The second-order valence-electron chi connectivity index (χ2n) is 5.74. The van der Waals surface area contributed by atoms with Crippen molar-refractivity contribution in [2.45, 2.75) is 32.9 Å². The molecule has 28 heavy (non-hydrogen) atoms. The van der Waals surface area contributed by atoms with Gasteiger partial charge in [-0.15, -0.1) is 0 Å². The van der Waals surface area contributed by atoms with Gasteiger partial charge in [-0.05, 0) is 31.5 Å². The number of ether oxygens (including phenoxy) is 1. The molecule has 1 N–H and O–H groups in total. The normalized spacial score (nSPS) is 11.5. The topological polar surface area (TPSA) is 133 Å². The highest BCUT2D eigenvalue weighted by Gasteiger charge is 2.22. The largest absolute Gasteiger partial charge is 0.448 e. The fraction of sp³-hybridized carbons (Fsp3) is 0.294. The molecule has 0 unspecified atom stereocenters. The zero-order chi connectivity index (χ0) is 20.8. The van der Waals surface area contributed by atoms with Gasteiger partial charge in [0.2, 0.25) is 5.82 Å². The number of rotatable bonds is 7. The third kappa shape index (κ3) is 4.96. The van der Waals surface area contributed by atoms with Crippen molar-refractivity contribution in [2.24, 2.45) is 0 Å². The van der Waals surface area contributed by atoms with Crippen LogP contribution in [0.5, 0.6) is 0 Å². The lowest BCUT2D eigenvalue weighted by Gasteiger charge is -2.13. The first-order valence-corrected chi connectivity index (χ1v) is 8.27. The third-order valence-electron chi connectivity index (χ3n) is 3.57. The Morgan fingerprint density at radius 3 is 2.71 bits per heavy atom. The third-order valence-corrected chi connectivity index (χ3v) is 3.57. The van der Waals surface area contributed by atoms with E-state index in [4.69, 9.17) is 4.74 Å². The van der Waals surface area contributed by atoms with E-state index in [2.05, 4.69) is 10.4 Å². The molecule has 2 rings (SSSR count). The van der Waals surface area contributed by atoms with Gasteiger partial charge in [0.25, 0.3) is 11.5 Å². The molecule has 11 heteroatoms. The van der Waals surface area contributed by atoms with Crippen LogP contribution in [-0.4, -0.2) is 32.7 Å². The van der Waals surface area contributed by atoms with Crippen LogP contribution in [-0.2, 0) is 16.1 Å². The number of nitro benzene ring substituents is 1. The summed E-state index contributed by atoms with van der Waals surface area (Å²) in [4.78, 5) is 45.7. The van der Waals surface area contributed by atoms with Crippen molar-refractivity contribution in [1.82, 2.24) is 9.78 Å². The average Bonchev–Trinajstić information content (AvgIpc) is 2.64. The second kappa shape index (κ2) is 8.84. The highest BCUT2D eigenvalue weighted by Crippen LogP contribution is 2.21. The van der Waals surface area contributed by atoms with Gasteiger partial charge < -0.3 is 10.1 Å². The Labute approximate surface area is 158 Å². The Hall–Kier alpha value is -3.63. The Balaban J connectivity index is 2.07. The number of aromatic nitrogens is 2. The number of nitrogens with zero attached hydrogens (tertiary/aromatic N) is 3. The van der Waals surface area contributed by atoms with Crippen molar-refractivity contribution in [3.8, 4) is 0 Å². The van der Waals surface area contributed by atoms with Crippen molar-refractivity contribution >= 4 is 23.3 Å². The fourth-order valence-electron chi connectivity index (χ4n) is 2.18. The molecule has 1 amide bonds. The van der Waals surface area contributed by atoms with Crippen LogP contribution in [0.4, 0.5) is 15.8 Å². The first-order chi connectivity index (χ1) is 13.2. The lowest BCUT2D eigenvalue weighted by molar-refractivity contribution is -0.387. The average molecular weight is 392 g/mol. The quantitative estimate of drug-likeness (QED) is 0.432. The molecule has 0 aliphatic carbocycles. The molecule has 1 atom stereocenters. The number of benzene rings is 1. The Morgan fingerprint density at radius 2 is 2.07 bits per heavy atom. The molecule has 0 saturated carbocycles. The van der Waals surface area contributed by atoms with Crippen molar-refractivity contribution in [3.63, 3.8) is 0 Å². The molecule has 0 aliphatic heterocycles. The molecular weight excluding hydrogens is 375 g/mol. The van der Waals surface area contributed by atoms with E-state index in [1.165, 1.54) is 19.1 Å². The summed E-state index contributed by atoms with van der Waals surface area (Å²) < 4.78 is 19.5. The fourth-order valence-corrected chi connectivity index (χ4v) is 2.18. The Morgan fingerprint density at radius 1 is 1.36 bits per heavy atom. The number of anilines is 1. The van der Waals surface area contributed by atoms with Crippen molar-refractivity contribution in [1.29, 1.82) is 0 Å². The molecule has 0 spiro atoms. The zero-order valence-electron chi connectivity index (χ0n) is 15.0. The van der Waals surface area contributed by atoms with E-state index in [1.54, 1.807) is 0 Å². The van der Waals surface area contributed by atoms with Gasteiger partial charge in [-0.2, -0.15) is 9.49 Å². The summed E-state index contributed by atoms with van der Waals surface area (Å²) in [5.74, 6) is -2.75. The number of hydrogen-bond acceptors (Lipinski definition) is 7. The predicted octanol–water partition coefficient (Wildman–Crippen LogP) is 1.88. The van der Waals surface area contributed by atoms with Crippen LogP contribution in [0.25, 0.3) is 0 Å². The van der Waals surface area contributed by atoms with Gasteiger partial charge in [0.05, 0.1) is 4.92 Å². The zero-order valence-corrected chi connectivity index (χ0v) is 15.0. The maximum absolute atomic E-state index is 13.3. The Bertz CT molecular complexity index is 974. The predicted molar refractivity (Wildman–Crippen MR) is 95.3 cm³/mol. The number of hydrogen-bond donors (Lipinski definition) is 1. The molecule has 2 aromatic rings. The van der Waals surface area contributed by atoms with Crippen molar-refractivity contribution in [3.05, 3.63) is 62.3 Å². The molecule has 10 nitrogen and oxygen atoms in total. The number of halogens is 1. The highest BCUT2D eigenvalue weighted by atomic mass is 19.1. The molecule has 1 aromatic heterocycles. The van der Waals surface area contributed by atoms with Gasteiger partial charge in [-0.25, -0.2) is 9.48 Å². The van der Waals surface area contributed by atoms with Crippen LogP contribution in [0.15, 0.2) is 35.1 Å². The van der Waals surface area contributed by atoms with E-state index in [-0.39, 0.29) is 16.9 Å². The van der Waals surface area contributed by atoms with Crippen LogP contribution in [0.1, 0.15) is 30.8 Å². The second-order valence-corrected chi connectivity index (χ2v) is 5.74. The molecular formula is C17H17FN4O6. The van der Waals surface area contributed by atoms with E-state index >= 15 is 0 Å². The SMILES string of the molecule is CCCn1nc(C(=O)O[C@H](C)C(=O)Nc2ccc(F)c([N+](=O)[O-])c2)ccc1=O. The summed E-state index contributed by atoms with van der Waals surface area (Å²) in [7, 11) is 0. The summed E-state index contributed by atoms with van der Waals surface area (Å²) in [5, 5.41) is 16.9. The summed E-state index contributed by atoms with van der Waals surface area (Å²) in [5.41, 5.74) is -1.35. The van der Waals surface area contributed by atoms with Crippen molar-refractivity contribution < 1.29 is 23.6 Å². The van der Waals surface area contributed by atoms with Gasteiger partial charge in [-0.1, -0.05) is 6.92 Å². The van der Waals surface area contributed by atoms with E-state index in [9.17, 15) is 28.9 Å². The molecule has 1 heterocycles. The molecule has 1 aromatic carbocycles. The van der Waals surface area contributed by atoms with Crippen LogP contribution in [0, 0.1) is 15.9 Å². The first-order valence-electron chi connectivity index (χ1n) is 8.27. The number of carbonyl (C=O) groups is 2. The number of carbonyl (C=O) groups excluding carboxylic acids is 2. The van der Waals surface area contributed by atoms with E-state index in [1.807, 2.05) is 6.92 Å². The van der Waals surface area contributed by atoms with Crippen LogP contribution in [0.2, 0.25) is 0 Å². The standard InChI is InChI=1S/C17H17FN4O6/c1-3-8-21-15(23)7-6-13(20-21)17(25)28-10(2)16(24)19-11-4-5-12(18)14(9-11)22(26)27/h4-7,9-10H,3,8H2,1-2H3,(H,19,24)/t10-/m1/s1. The minimum Gasteiger partial charge on any atom is -0.448 e. The number of esters is 1. The Kier molecular flexibility index (Phi) is 6.53. The van der Waals surface area contributed by atoms with Crippen molar-refractivity contribution in [2.75, 3.05) is 5.32 Å². The molecule has 0 fully saturated rings. The van der Waals surface area contributed by atoms with Crippen LogP contribution in [0.3, 0.4) is 0 Å². The van der Waals surface area contributed by atoms with Crippen LogP contribution >= 0.6 is 0 Å². The summed E-state index contributed by atoms with van der Waals surface area (Å²) in [6.07, 6.45) is -0.640. The lowest BCUT2D eigenvalue weighted by Crippen LogP contribution is -2.31. The van der Waals surface area contributed by atoms with Crippen LogP contribution < -0.4 is 10.9 Å². The molecule has 0 saturated heterocycles. The number of nitro groups is 1. The molecule has 0 bridgehead atoms. The lowest BCUT2D eigenvalue weighted by atomic mass is 10.2. The maximum Gasteiger partial charge on any atom is 0.359 e. The van der Waals surface area contributed by atoms with E-state index < -0.39 is 34.4 Å². The molecule has 0 radical (unpaired) electrons. The number of nitrogens with one attached hydrogen (secondary N) is 1. The van der Waals surface area contributed by atoms with Gasteiger partial charge in [0.1, 0.15) is 0 Å². The summed E-state index contributed by atoms with van der Waals surface area (Å²) in [6.45, 7) is 3.44. The monoisotopic (exact) mass is 392 g/mol. The maximum atomic E-state index is 13.3. The van der Waals surface area contributed by atoms with Gasteiger partial charge >= 0.3 is 11.7 Å². The molecule has 148 valence electrons. The highest BCUT2D eigenvalue weighted by molar-refractivity contribution is 5.96. The number of aryl methyl sites for hydroxylation is 1. The van der Waals surface area contributed by atoms with Gasteiger partial charge in [0, 0.05) is 24.4 Å². The summed E-state index contributed by atoms with van der Waals surface area (Å²) >= 11 is 0. The summed E-state index contributed by atoms with van der Waals surface area (Å²) in [6, 6.07) is 5.18. The number of amides is 1. The first kappa shape index (κ1) is 20.7. The van der Waals surface area contributed by atoms with E-state index in [0.717, 1.165) is 22.9 Å². The smallest absolute Gasteiger partial charge is 0.359 e. The van der Waals surface area contributed by atoms with Gasteiger partial charge in [-0.3, -0.25) is 19.7 Å². The van der Waals surface area contributed by atoms with Gasteiger partial charge in [0.15, 0.2) is 11.8 Å². The van der Waals surface area contributed by atoms with E-state index in [0.29, 0.717) is 13.0 Å². The minimum atomic E-state index is -1.27. The molecule has 0 aliphatic rings.